The fraction of sp³-hybridized carbons (Fsp3) is 0.650. The van der Waals surface area contributed by atoms with Gasteiger partial charge in [-0.1, -0.05) is 0 Å². The zero-order chi connectivity index (χ0) is 17.5. The fourth-order valence-corrected chi connectivity index (χ4v) is 4.29. The molecule has 3 aliphatic rings. The summed E-state index contributed by atoms with van der Waals surface area (Å²) in [5.74, 6) is 3.07. The minimum absolute atomic E-state index is 0.110. The number of likely N-dealkylation sites (tertiary alicyclic amines) is 1. The molecule has 2 fully saturated rings. The maximum absolute atomic E-state index is 12.3. The highest BCUT2D eigenvalue weighted by atomic mass is 16.4. The second-order valence-corrected chi connectivity index (χ2v) is 8.13. The highest BCUT2D eigenvalue weighted by molar-refractivity contribution is 5.15. The van der Waals surface area contributed by atoms with E-state index in [0.717, 1.165) is 69.2 Å². The number of hydrogen-bond donors (Lipinski definition) is 0. The van der Waals surface area contributed by atoms with Crippen LogP contribution in [0.2, 0.25) is 0 Å². The Morgan fingerprint density at radius 2 is 2.00 bits per heavy atom. The normalized spacial score (nSPS) is 21.2. The van der Waals surface area contributed by atoms with Gasteiger partial charge in [0.1, 0.15) is 5.76 Å². The Morgan fingerprint density at radius 1 is 1.15 bits per heavy atom. The van der Waals surface area contributed by atoms with Crippen LogP contribution in [0.4, 0.5) is 0 Å². The highest BCUT2D eigenvalue weighted by Gasteiger charge is 2.26. The molecule has 138 valence electrons. The molecule has 0 unspecified atom stereocenters. The van der Waals surface area contributed by atoms with E-state index in [-0.39, 0.29) is 5.56 Å². The first-order valence-electron chi connectivity index (χ1n) is 10.0. The molecule has 1 saturated carbocycles. The van der Waals surface area contributed by atoms with Gasteiger partial charge in [0.15, 0.2) is 0 Å². The van der Waals surface area contributed by atoms with Crippen molar-refractivity contribution in [1.29, 1.82) is 0 Å². The Bertz CT molecular complexity index is 822. The first-order chi connectivity index (χ1) is 12.7. The largest absolute Gasteiger partial charge is 0.444 e. The van der Waals surface area contributed by atoms with Crippen LogP contribution in [0.1, 0.15) is 61.1 Å². The van der Waals surface area contributed by atoms with Crippen LogP contribution in [0.3, 0.4) is 0 Å². The van der Waals surface area contributed by atoms with Crippen LogP contribution in [0.25, 0.3) is 0 Å². The van der Waals surface area contributed by atoms with E-state index in [1.54, 1.807) is 17.0 Å². The van der Waals surface area contributed by atoms with Crippen molar-refractivity contribution in [3.05, 3.63) is 45.8 Å². The second-order valence-electron chi connectivity index (χ2n) is 8.13. The molecule has 0 radical (unpaired) electrons. The Balaban J connectivity index is 1.15. The van der Waals surface area contributed by atoms with Crippen molar-refractivity contribution in [3.63, 3.8) is 0 Å². The molecule has 0 bridgehead atoms. The van der Waals surface area contributed by atoms with Gasteiger partial charge in [-0.3, -0.25) is 14.3 Å². The quantitative estimate of drug-likeness (QED) is 0.825. The molecule has 5 rings (SSSR count). The third-order valence-electron chi connectivity index (χ3n) is 6.06. The predicted octanol–water partition coefficient (Wildman–Crippen LogP) is 2.51. The molecule has 0 N–H and O–H groups in total. The third kappa shape index (κ3) is 3.34. The SMILES string of the molecule is O=c1cc(C2CC2)ncn1CC1CCN(Cc2nc3c(o2)CCC3)CC1. The molecule has 1 saturated heterocycles. The van der Waals surface area contributed by atoms with Gasteiger partial charge in [-0.25, -0.2) is 9.97 Å². The summed E-state index contributed by atoms with van der Waals surface area (Å²) in [5, 5.41) is 0. The monoisotopic (exact) mass is 354 g/mol. The zero-order valence-electron chi connectivity index (χ0n) is 15.2. The van der Waals surface area contributed by atoms with E-state index in [1.807, 2.05) is 0 Å². The van der Waals surface area contributed by atoms with Crippen LogP contribution in [0.15, 0.2) is 21.6 Å². The maximum Gasteiger partial charge on any atom is 0.253 e. The van der Waals surface area contributed by atoms with Gasteiger partial charge in [-0.15, -0.1) is 0 Å². The van der Waals surface area contributed by atoms with Gasteiger partial charge in [-0.2, -0.15) is 0 Å². The van der Waals surface area contributed by atoms with Crippen molar-refractivity contribution in [2.75, 3.05) is 13.1 Å². The molecule has 26 heavy (non-hydrogen) atoms. The van der Waals surface area contributed by atoms with Gasteiger partial charge in [0.05, 0.1) is 24.3 Å². The lowest BCUT2D eigenvalue weighted by Gasteiger charge is -2.31. The molecule has 0 amide bonds. The minimum atomic E-state index is 0.110. The van der Waals surface area contributed by atoms with Crippen molar-refractivity contribution in [2.24, 2.45) is 5.92 Å². The third-order valence-corrected chi connectivity index (χ3v) is 6.06. The standard InChI is InChI=1S/C20H26N4O2/c25-20-10-17(15-4-5-15)21-13-24(20)11-14-6-8-23(9-7-14)12-19-22-16-2-1-3-18(16)26-19/h10,13-15H,1-9,11-12H2. The lowest BCUT2D eigenvalue weighted by molar-refractivity contribution is 0.153. The van der Waals surface area contributed by atoms with E-state index in [4.69, 9.17) is 4.42 Å². The predicted molar refractivity (Wildman–Crippen MR) is 97.0 cm³/mol. The second kappa shape index (κ2) is 6.65. The molecule has 1 aliphatic heterocycles. The molecular formula is C20H26N4O2. The Morgan fingerprint density at radius 3 is 2.73 bits per heavy atom. The summed E-state index contributed by atoms with van der Waals surface area (Å²) in [5.41, 5.74) is 2.27. The highest BCUT2D eigenvalue weighted by Crippen LogP contribution is 2.38. The minimum Gasteiger partial charge on any atom is -0.444 e. The molecule has 3 heterocycles. The molecule has 2 aromatic heterocycles. The van der Waals surface area contributed by atoms with E-state index < -0.39 is 0 Å². The topological polar surface area (TPSA) is 64.2 Å². The van der Waals surface area contributed by atoms with Crippen LogP contribution < -0.4 is 5.56 Å². The Kier molecular flexibility index (Phi) is 4.15. The summed E-state index contributed by atoms with van der Waals surface area (Å²) in [4.78, 5) is 23.9. The van der Waals surface area contributed by atoms with Crippen molar-refractivity contribution in [3.8, 4) is 0 Å². The van der Waals surface area contributed by atoms with Gasteiger partial charge < -0.3 is 4.42 Å². The van der Waals surface area contributed by atoms with E-state index in [1.165, 1.54) is 25.0 Å². The summed E-state index contributed by atoms with van der Waals surface area (Å²) in [6.07, 6.45) is 9.65. The number of aromatic nitrogens is 3. The van der Waals surface area contributed by atoms with Gasteiger partial charge >= 0.3 is 0 Å². The number of piperidine rings is 1. The fourth-order valence-electron chi connectivity index (χ4n) is 4.29. The van der Waals surface area contributed by atoms with Crippen molar-refractivity contribution in [1.82, 2.24) is 19.4 Å². The molecule has 2 aliphatic carbocycles. The number of aryl methyl sites for hydroxylation is 2. The Labute approximate surface area is 153 Å². The number of fused-ring (bicyclic) bond motifs is 1. The lowest BCUT2D eigenvalue weighted by atomic mass is 9.96. The summed E-state index contributed by atoms with van der Waals surface area (Å²) in [7, 11) is 0. The summed E-state index contributed by atoms with van der Waals surface area (Å²) < 4.78 is 7.69. The van der Waals surface area contributed by atoms with Crippen LogP contribution in [0, 0.1) is 5.92 Å². The van der Waals surface area contributed by atoms with Crippen molar-refractivity contribution >= 4 is 0 Å². The first kappa shape index (κ1) is 16.2. The zero-order valence-corrected chi connectivity index (χ0v) is 15.2. The smallest absolute Gasteiger partial charge is 0.253 e. The van der Waals surface area contributed by atoms with E-state index in [9.17, 15) is 4.79 Å². The molecule has 0 atom stereocenters. The van der Waals surface area contributed by atoms with E-state index >= 15 is 0 Å². The van der Waals surface area contributed by atoms with Gasteiger partial charge in [0.25, 0.3) is 5.56 Å². The Hall–Kier alpha value is -1.95. The van der Waals surface area contributed by atoms with Crippen LogP contribution in [-0.4, -0.2) is 32.5 Å². The number of rotatable bonds is 5. The summed E-state index contributed by atoms with van der Waals surface area (Å²) >= 11 is 0. The average molecular weight is 354 g/mol. The maximum atomic E-state index is 12.3. The molecular weight excluding hydrogens is 328 g/mol. The average Bonchev–Trinajstić information content (AvgIpc) is 3.29. The van der Waals surface area contributed by atoms with Crippen LogP contribution >= 0.6 is 0 Å². The van der Waals surface area contributed by atoms with Crippen molar-refractivity contribution in [2.45, 2.75) is 64.0 Å². The number of hydrogen-bond acceptors (Lipinski definition) is 5. The van der Waals surface area contributed by atoms with Gasteiger partial charge in [-0.05, 0) is 57.5 Å². The van der Waals surface area contributed by atoms with Gasteiger partial charge in [0, 0.05) is 24.9 Å². The molecule has 0 aromatic carbocycles. The molecule has 2 aromatic rings. The molecule has 0 spiro atoms. The van der Waals surface area contributed by atoms with Crippen LogP contribution in [-0.2, 0) is 25.9 Å². The molecule has 6 nitrogen and oxygen atoms in total. The van der Waals surface area contributed by atoms with Gasteiger partial charge in [0.2, 0.25) is 5.89 Å². The summed E-state index contributed by atoms with van der Waals surface area (Å²) in [6.45, 7) is 3.69. The summed E-state index contributed by atoms with van der Waals surface area (Å²) in [6, 6.07) is 1.74. The van der Waals surface area contributed by atoms with E-state index in [0.29, 0.717) is 11.8 Å². The van der Waals surface area contributed by atoms with E-state index in [2.05, 4.69) is 14.9 Å². The first-order valence-corrected chi connectivity index (χ1v) is 10.0. The molecule has 6 heteroatoms. The lowest BCUT2D eigenvalue weighted by Crippen LogP contribution is -2.36. The van der Waals surface area contributed by atoms with Crippen molar-refractivity contribution < 1.29 is 4.42 Å². The number of oxazole rings is 1. The van der Waals surface area contributed by atoms with Crippen LogP contribution in [0.5, 0.6) is 0 Å². The number of nitrogens with zero attached hydrogens (tertiary/aromatic N) is 4.